The second kappa shape index (κ2) is 3.33. The molecule has 72 valence electrons. The molecule has 0 amide bonds. The van der Waals surface area contributed by atoms with Crippen LogP contribution in [0, 0.1) is 0 Å². The summed E-state index contributed by atoms with van der Waals surface area (Å²) in [7, 11) is 2.12. The minimum atomic E-state index is 1.30. The lowest BCUT2D eigenvalue weighted by Gasteiger charge is -1.94. The Bertz CT molecular complexity index is 573. The van der Waals surface area contributed by atoms with Crippen molar-refractivity contribution in [3.63, 3.8) is 0 Å². The quantitative estimate of drug-likeness (QED) is 0.589. The van der Waals surface area contributed by atoms with Crippen LogP contribution in [-0.2, 0) is 7.05 Å². The van der Waals surface area contributed by atoms with Gasteiger partial charge in [-0.15, -0.1) is 0 Å². The van der Waals surface area contributed by atoms with E-state index in [-0.39, 0.29) is 0 Å². The molecule has 0 saturated carbocycles. The van der Waals surface area contributed by atoms with Crippen LogP contribution in [0.4, 0.5) is 0 Å². The largest absolute Gasteiger partial charge is 0.344 e. The Morgan fingerprint density at radius 1 is 1.07 bits per heavy atom. The lowest BCUT2D eigenvalue weighted by molar-refractivity contribution is 0.924. The highest BCUT2D eigenvalue weighted by Gasteiger charge is 2.01. The number of hydrogen-bond acceptors (Lipinski definition) is 0. The van der Waals surface area contributed by atoms with Gasteiger partial charge in [0.1, 0.15) is 0 Å². The van der Waals surface area contributed by atoms with Crippen molar-refractivity contribution in [1.82, 2.24) is 4.57 Å². The molecule has 0 atom stereocenters. The van der Waals surface area contributed by atoms with Crippen LogP contribution in [0.2, 0.25) is 0 Å². The van der Waals surface area contributed by atoms with Crippen molar-refractivity contribution < 1.29 is 0 Å². The van der Waals surface area contributed by atoms with Crippen molar-refractivity contribution in [2.75, 3.05) is 0 Å². The number of fused-ring (bicyclic) bond motifs is 1. The number of hydrogen-bond donors (Lipinski definition) is 0. The van der Waals surface area contributed by atoms with E-state index < -0.39 is 0 Å². The summed E-state index contributed by atoms with van der Waals surface area (Å²) < 4.78 is 2.24. The van der Waals surface area contributed by atoms with E-state index in [4.69, 9.17) is 0 Å². The average Bonchev–Trinajstić information content (AvgIpc) is 2.51. The van der Waals surface area contributed by atoms with Gasteiger partial charge in [-0.05, 0) is 19.9 Å². The first kappa shape index (κ1) is 9.07. The Morgan fingerprint density at radius 3 is 2.43 bits per heavy atom. The van der Waals surface area contributed by atoms with Crippen molar-refractivity contribution in [3.8, 4) is 0 Å². The zero-order valence-corrected chi connectivity index (χ0v) is 8.91. The Labute approximate surface area is 84.0 Å². The third kappa shape index (κ3) is 1.09. The number of para-hydroxylation sites is 1. The van der Waals surface area contributed by atoms with E-state index in [0.29, 0.717) is 0 Å². The van der Waals surface area contributed by atoms with Gasteiger partial charge < -0.3 is 4.57 Å². The van der Waals surface area contributed by atoms with Gasteiger partial charge in [-0.25, -0.2) is 0 Å². The van der Waals surface area contributed by atoms with Gasteiger partial charge in [0.15, 0.2) is 0 Å². The molecule has 0 aliphatic rings. The van der Waals surface area contributed by atoms with Crippen LogP contribution in [0.25, 0.3) is 23.1 Å². The third-order valence-corrected chi connectivity index (χ3v) is 2.75. The van der Waals surface area contributed by atoms with Gasteiger partial charge in [-0.1, -0.05) is 30.4 Å². The van der Waals surface area contributed by atoms with Gasteiger partial charge in [0.2, 0.25) is 0 Å². The van der Waals surface area contributed by atoms with Crippen molar-refractivity contribution in [2.24, 2.45) is 7.05 Å². The maximum atomic E-state index is 2.24. The summed E-state index contributed by atoms with van der Waals surface area (Å²) in [5.41, 5.74) is 1.30. The Morgan fingerprint density at radius 2 is 1.79 bits per heavy atom. The summed E-state index contributed by atoms with van der Waals surface area (Å²) in [4.78, 5) is 0. The minimum Gasteiger partial charge on any atom is -0.344 e. The molecule has 0 unspecified atom stereocenters. The van der Waals surface area contributed by atoms with Crippen LogP contribution in [0.1, 0.15) is 13.8 Å². The Balaban J connectivity index is 3.17. The standard InChI is InChI=1S/C13H15N/c1-4-10-11-8-6-7-9-13(11)14(3)12(10)5-2/h4-9H,1-3H3/b10-4-,12-5+. The molecule has 0 N–H and O–H groups in total. The summed E-state index contributed by atoms with van der Waals surface area (Å²) in [6.07, 6.45) is 4.34. The first-order chi connectivity index (χ1) is 6.79. The van der Waals surface area contributed by atoms with E-state index in [9.17, 15) is 0 Å². The van der Waals surface area contributed by atoms with Gasteiger partial charge in [-0.2, -0.15) is 0 Å². The highest BCUT2D eigenvalue weighted by molar-refractivity contribution is 5.81. The SMILES string of the molecule is C/C=c1\c(=C/C)n(C)c2ccccc12. The lowest BCUT2D eigenvalue weighted by atomic mass is 10.2. The van der Waals surface area contributed by atoms with E-state index in [2.05, 4.69) is 61.9 Å². The van der Waals surface area contributed by atoms with Gasteiger partial charge in [0, 0.05) is 28.5 Å². The van der Waals surface area contributed by atoms with Crippen molar-refractivity contribution in [1.29, 1.82) is 0 Å². The van der Waals surface area contributed by atoms with E-state index in [1.807, 2.05) is 0 Å². The molecule has 14 heavy (non-hydrogen) atoms. The fourth-order valence-corrected chi connectivity index (χ4v) is 2.09. The lowest BCUT2D eigenvalue weighted by Crippen LogP contribution is -2.26. The molecule has 0 spiro atoms. The monoisotopic (exact) mass is 185 g/mol. The number of aryl methyl sites for hydroxylation is 1. The maximum absolute atomic E-state index is 2.24. The molecule has 0 aliphatic heterocycles. The second-order valence-electron chi connectivity index (χ2n) is 3.45. The molecule has 0 fully saturated rings. The van der Waals surface area contributed by atoms with Crippen LogP contribution in [0.15, 0.2) is 24.3 Å². The summed E-state index contributed by atoms with van der Waals surface area (Å²) in [5.74, 6) is 0. The first-order valence-electron chi connectivity index (χ1n) is 4.95. The summed E-state index contributed by atoms with van der Waals surface area (Å²) in [5, 5.41) is 3.98. The molecule has 0 bridgehead atoms. The fraction of sp³-hybridized carbons (Fsp3) is 0.231. The average molecular weight is 185 g/mol. The fourth-order valence-electron chi connectivity index (χ4n) is 2.09. The van der Waals surface area contributed by atoms with Crippen molar-refractivity contribution in [2.45, 2.75) is 13.8 Å². The van der Waals surface area contributed by atoms with Gasteiger partial charge in [0.05, 0.1) is 0 Å². The number of rotatable bonds is 0. The third-order valence-electron chi connectivity index (χ3n) is 2.75. The zero-order chi connectivity index (χ0) is 10.1. The highest BCUT2D eigenvalue weighted by atomic mass is 14.9. The molecular formula is C13H15N. The van der Waals surface area contributed by atoms with Crippen LogP contribution < -0.4 is 10.6 Å². The second-order valence-corrected chi connectivity index (χ2v) is 3.45. The van der Waals surface area contributed by atoms with E-state index >= 15 is 0 Å². The smallest absolute Gasteiger partial charge is 0.0488 e. The van der Waals surface area contributed by atoms with Gasteiger partial charge in [0.25, 0.3) is 0 Å². The molecule has 0 aliphatic carbocycles. The van der Waals surface area contributed by atoms with Crippen LogP contribution in [0.5, 0.6) is 0 Å². The first-order valence-corrected chi connectivity index (χ1v) is 4.95. The molecule has 1 nitrogen and oxygen atoms in total. The number of benzene rings is 1. The van der Waals surface area contributed by atoms with E-state index in [1.54, 1.807) is 0 Å². The van der Waals surface area contributed by atoms with Gasteiger partial charge >= 0.3 is 0 Å². The minimum absolute atomic E-state index is 1.30. The molecule has 1 heterocycles. The van der Waals surface area contributed by atoms with Crippen molar-refractivity contribution >= 4 is 23.1 Å². The molecule has 1 aromatic heterocycles. The topological polar surface area (TPSA) is 4.93 Å². The number of nitrogens with zero attached hydrogens (tertiary/aromatic N) is 1. The van der Waals surface area contributed by atoms with Crippen molar-refractivity contribution in [3.05, 3.63) is 34.8 Å². The molecule has 1 heteroatoms. The molecule has 2 aromatic rings. The molecule has 0 radical (unpaired) electrons. The van der Waals surface area contributed by atoms with Crippen LogP contribution in [0.3, 0.4) is 0 Å². The maximum Gasteiger partial charge on any atom is 0.0488 e. The summed E-state index contributed by atoms with van der Waals surface area (Å²) >= 11 is 0. The predicted octanol–water partition coefficient (Wildman–Crippen LogP) is 1.78. The summed E-state index contributed by atoms with van der Waals surface area (Å²) in [6.45, 7) is 4.18. The number of aromatic nitrogens is 1. The zero-order valence-electron chi connectivity index (χ0n) is 8.91. The predicted molar refractivity (Wildman–Crippen MR) is 62.4 cm³/mol. The molecular weight excluding hydrogens is 170 g/mol. The van der Waals surface area contributed by atoms with E-state index in [1.165, 1.54) is 21.5 Å². The molecule has 0 saturated heterocycles. The Hall–Kier alpha value is -1.50. The highest BCUT2D eigenvalue weighted by Crippen LogP contribution is 2.06. The normalized spacial score (nSPS) is 14.2. The Kier molecular flexibility index (Phi) is 2.16. The molecule has 2 rings (SSSR count). The van der Waals surface area contributed by atoms with Crippen LogP contribution in [-0.4, -0.2) is 4.57 Å². The van der Waals surface area contributed by atoms with Gasteiger partial charge in [-0.3, -0.25) is 0 Å². The van der Waals surface area contributed by atoms with E-state index in [0.717, 1.165) is 0 Å². The molecule has 1 aromatic carbocycles. The summed E-state index contributed by atoms with van der Waals surface area (Å²) in [6, 6.07) is 8.52. The van der Waals surface area contributed by atoms with Crippen LogP contribution >= 0.6 is 0 Å².